The maximum atomic E-state index is 12.5. The van der Waals surface area contributed by atoms with Gasteiger partial charge in [0.2, 0.25) is 10.0 Å². The van der Waals surface area contributed by atoms with Gasteiger partial charge in [-0.05, 0) is 30.9 Å². The highest BCUT2D eigenvalue weighted by atomic mass is 32.2. The van der Waals surface area contributed by atoms with Crippen molar-refractivity contribution in [2.75, 3.05) is 20.2 Å². The van der Waals surface area contributed by atoms with Gasteiger partial charge in [0, 0.05) is 19.2 Å². The van der Waals surface area contributed by atoms with Crippen molar-refractivity contribution in [1.82, 2.24) is 4.31 Å². The molecule has 100 valence electrons. The second-order valence-electron chi connectivity index (χ2n) is 4.79. The molecule has 1 atom stereocenters. The van der Waals surface area contributed by atoms with Crippen LogP contribution in [0.2, 0.25) is 0 Å². The fourth-order valence-electron chi connectivity index (χ4n) is 2.28. The Morgan fingerprint density at radius 1 is 1.39 bits per heavy atom. The lowest BCUT2D eigenvalue weighted by Gasteiger charge is -2.30. The molecule has 1 aliphatic rings. The fraction of sp³-hybridized carbons (Fsp3) is 0.538. The van der Waals surface area contributed by atoms with Crippen molar-refractivity contribution < 1.29 is 13.2 Å². The van der Waals surface area contributed by atoms with Crippen LogP contribution >= 0.6 is 0 Å². The summed E-state index contributed by atoms with van der Waals surface area (Å²) in [6, 6.07) is 6.66. The average Bonchev–Trinajstić information content (AvgIpc) is 2.39. The molecule has 0 N–H and O–H groups in total. The molecule has 0 amide bonds. The summed E-state index contributed by atoms with van der Waals surface area (Å²) in [7, 11) is -1.84. The summed E-state index contributed by atoms with van der Waals surface area (Å²) >= 11 is 0. The van der Waals surface area contributed by atoms with E-state index in [0.29, 0.717) is 29.7 Å². The number of hydrogen-bond donors (Lipinski definition) is 0. The van der Waals surface area contributed by atoms with Crippen molar-refractivity contribution >= 4 is 10.0 Å². The number of rotatable bonds is 3. The zero-order valence-corrected chi connectivity index (χ0v) is 11.6. The van der Waals surface area contributed by atoms with Gasteiger partial charge < -0.3 is 4.74 Å². The lowest BCUT2D eigenvalue weighted by Crippen LogP contribution is -2.39. The molecule has 1 unspecified atom stereocenters. The van der Waals surface area contributed by atoms with Crippen molar-refractivity contribution in [2.45, 2.75) is 24.7 Å². The lowest BCUT2D eigenvalue weighted by atomic mass is 10.0. The van der Waals surface area contributed by atoms with E-state index in [2.05, 4.69) is 6.92 Å². The highest BCUT2D eigenvalue weighted by Gasteiger charge is 2.28. The van der Waals surface area contributed by atoms with Crippen LogP contribution in [-0.4, -0.2) is 32.9 Å². The number of sulfonamides is 1. The Kier molecular flexibility index (Phi) is 3.92. The average molecular weight is 269 g/mol. The molecule has 5 heteroatoms. The molecular weight excluding hydrogens is 250 g/mol. The molecule has 0 radical (unpaired) electrons. The maximum Gasteiger partial charge on any atom is 0.243 e. The van der Waals surface area contributed by atoms with E-state index >= 15 is 0 Å². The largest absolute Gasteiger partial charge is 0.497 e. The van der Waals surface area contributed by atoms with Crippen LogP contribution in [-0.2, 0) is 10.0 Å². The predicted molar refractivity (Wildman–Crippen MR) is 70.2 cm³/mol. The van der Waals surface area contributed by atoms with E-state index in [-0.39, 0.29) is 0 Å². The minimum absolute atomic E-state index is 0.316. The van der Waals surface area contributed by atoms with Crippen LogP contribution in [0.15, 0.2) is 29.2 Å². The Hall–Kier alpha value is -1.07. The van der Waals surface area contributed by atoms with E-state index in [1.165, 1.54) is 7.11 Å². The third kappa shape index (κ3) is 2.67. The molecule has 18 heavy (non-hydrogen) atoms. The summed E-state index contributed by atoms with van der Waals surface area (Å²) in [5.41, 5.74) is 0. The van der Waals surface area contributed by atoms with Gasteiger partial charge in [0.05, 0.1) is 12.0 Å². The van der Waals surface area contributed by atoms with Gasteiger partial charge in [-0.1, -0.05) is 13.0 Å². The maximum absolute atomic E-state index is 12.5. The minimum Gasteiger partial charge on any atom is -0.497 e. The Labute approximate surface area is 109 Å². The molecule has 4 nitrogen and oxygen atoms in total. The summed E-state index contributed by atoms with van der Waals surface area (Å²) < 4.78 is 31.6. The quantitative estimate of drug-likeness (QED) is 0.844. The summed E-state index contributed by atoms with van der Waals surface area (Å²) in [5.74, 6) is 1.00. The van der Waals surface area contributed by atoms with Gasteiger partial charge >= 0.3 is 0 Å². The Morgan fingerprint density at radius 3 is 2.83 bits per heavy atom. The van der Waals surface area contributed by atoms with Gasteiger partial charge in [-0.25, -0.2) is 8.42 Å². The van der Waals surface area contributed by atoms with Crippen molar-refractivity contribution in [3.05, 3.63) is 24.3 Å². The molecule has 0 aliphatic carbocycles. The number of nitrogens with zero attached hydrogens (tertiary/aromatic N) is 1. The predicted octanol–water partition coefficient (Wildman–Crippen LogP) is 2.12. The van der Waals surface area contributed by atoms with E-state index in [9.17, 15) is 8.42 Å². The van der Waals surface area contributed by atoms with E-state index < -0.39 is 10.0 Å². The molecule has 1 saturated heterocycles. The van der Waals surface area contributed by atoms with Crippen LogP contribution in [0.25, 0.3) is 0 Å². The fourth-order valence-corrected chi connectivity index (χ4v) is 3.91. The molecule has 1 aromatic carbocycles. The van der Waals surface area contributed by atoms with Crippen LogP contribution < -0.4 is 4.74 Å². The molecule has 2 rings (SSSR count). The normalized spacial score (nSPS) is 21.8. The van der Waals surface area contributed by atoms with Crippen LogP contribution in [0.3, 0.4) is 0 Å². The highest BCUT2D eigenvalue weighted by Crippen LogP contribution is 2.25. The topological polar surface area (TPSA) is 46.6 Å². The minimum atomic E-state index is -3.37. The molecule has 1 heterocycles. The molecule has 0 aromatic heterocycles. The number of hydrogen-bond acceptors (Lipinski definition) is 3. The zero-order valence-electron chi connectivity index (χ0n) is 10.8. The monoisotopic (exact) mass is 269 g/mol. The molecule has 1 aromatic rings. The van der Waals surface area contributed by atoms with Gasteiger partial charge in [0.15, 0.2) is 0 Å². The summed E-state index contributed by atoms with van der Waals surface area (Å²) in [4.78, 5) is 0.316. The van der Waals surface area contributed by atoms with Crippen LogP contribution in [0.4, 0.5) is 0 Å². The summed E-state index contributed by atoms with van der Waals surface area (Å²) in [6.45, 7) is 3.32. The standard InChI is InChI=1S/C13H19NO3S/c1-11-5-4-8-14(10-11)18(15,16)13-7-3-6-12(9-13)17-2/h3,6-7,9,11H,4-5,8,10H2,1-2H3. The number of benzene rings is 1. The molecule has 1 aliphatic heterocycles. The number of methoxy groups -OCH3 is 1. The lowest BCUT2D eigenvalue weighted by molar-refractivity contribution is 0.281. The van der Waals surface area contributed by atoms with Crippen LogP contribution in [0.5, 0.6) is 5.75 Å². The first-order valence-electron chi connectivity index (χ1n) is 6.18. The van der Waals surface area contributed by atoms with Gasteiger partial charge in [-0.2, -0.15) is 4.31 Å². The molecule has 0 spiro atoms. The summed E-state index contributed by atoms with van der Waals surface area (Å²) in [5, 5.41) is 0. The van der Waals surface area contributed by atoms with E-state index in [4.69, 9.17) is 4.74 Å². The SMILES string of the molecule is COc1cccc(S(=O)(=O)N2CCCC(C)C2)c1. The molecule has 1 fully saturated rings. The Balaban J connectivity index is 2.29. The van der Waals surface area contributed by atoms with Crippen molar-refractivity contribution in [2.24, 2.45) is 5.92 Å². The third-order valence-corrected chi connectivity index (χ3v) is 5.16. The Bertz CT molecular complexity index is 513. The first kappa shape index (κ1) is 13.4. The summed E-state index contributed by atoms with van der Waals surface area (Å²) in [6.07, 6.45) is 2.04. The highest BCUT2D eigenvalue weighted by molar-refractivity contribution is 7.89. The van der Waals surface area contributed by atoms with Gasteiger partial charge in [0.25, 0.3) is 0 Å². The first-order chi connectivity index (χ1) is 8.54. The smallest absolute Gasteiger partial charge is 0.243 e. The third-order valence-electron chi connectivity index (χ3n) is 3.30. The number of ether oxygens (including phenoxy) is 1. The van der Waals surface area contributed by atoms with Crippen molar-refractivity contribution in [1.29, 1.82) is 0 Å². The molecule has 0 bridgehead atoms. The molecule has 0 saturated carbocycles. The van der Waals surface area contributed by atoms with Crippen LogP contribution in [0.1, 0.15) is 19.8 Å². The van der Waals surface area contributed by atoms with Crippen molar-refractivity contribution in [3.63, 3.8) is 0 Å². The van der Waals surface area contributed by atoms with Gasteiger partial charge in [-0.3, -0.25) is 0 Å². The van der Waals surface area contributed by atoms with Crippen molar-refractivity contribution in [3.8, 4) is 5.75 Å². The van der Waals surface area contributed by atoms with Gasteiger partial charge in [0.1, 0.15) is 5.75 Å². The Morgan fingerprint density at radius 2 is 2.17 bits per heavy atom. The number of piperidine rings is 1. The van der Waals surface area contributed by atoms with Crippen LogP contribution in [0, 0.1) is 5.92 Å². The second-order valence-corrected chi connectivity index (χ2v) is 6.73. The second kappa shape index (κ2) is 5.28. The van der Waals surface area contributed by atoms with E-state index in [0.717, 1.165) is 12.8 Å². The van der Waals surface area contributed by atoms with E-state index in [1.54, 1.807) is 28.6 Å². The molecular formula is C13H19NO3S. The van der Waals surface area contributed by atoms with E-state index in [1.807, 2.05) is 0 Å². The van der Waals surface area contributed by atoms with Gasteiger partial charge in [-0.15, -0.1) is 0 Å². The zero-order chi connectivity index (χ0) is 13.2. The first-order valence-corrected chi connectivity index (χ1v) is 7.62.